The van der Waals surface area contributed by atoms with E-state index in [-0.39, 0.29) is 23.8 Å². The molecular formula is C16H20FN5O. The number of aromatic nitrogens is 2. The Balaban J connectivity index is 1.82. The van der Waals surface area contributed by atoms with E-state index >= 15 is 0 Å². The second-order valence-corrected chi connectivity index (χ2v) is 5.83. The molecule has 1 aromatic heterocycles. The number of aromatic amines is 1. The maximum absolute atomic E-state index is 13.1. The van der Waals surface area contributed by atoms with Crippen molar-refractivity contribution in [2.24, 2.45) is 5.73 Å². The summed E-state index contributed by atoms with van der Waals surface area (Å²) in [5.41, 5.74) is 8.67. The van der Waals surface area contributed by atoms with Crippen LogP contribution >= 0.6 is 0 Å². The minimum Gasteiger partial charge on any atom is -0.358 e. The van der Waals surface area contributed by atoms with Crippen molar-refractivity contribution in [2.45, 2.75) is 25.0 Å². The molecule has 0 spiro atoms. The first-order valence-electron chi connectivity index (χ1n) is 7.58. The molecule has 122 valence electrons. The molecule has 7 heteroatoms. The summed E-state index contributed by atoms with van der Waals surface area (Å²) in [6, 6.07) is 6.00. The zero-order valence-corrected chi connectivity index (χ0v) is 12.9. The van der Waals surface area contributed by atoms with Gasteiger partial charge in [0.25, 0.3) is 0 Å². The van der Waals surface area contributed by atoms with Gasteiger partial charge in [0.1, 0.15) is 5.82 Å². The molecule has 3 rings (SSSR count). The fourth-order valence-electron chi connectivity index (χ4n) is 3.07. The summed E-state index contributed by atoms with van der Waals surface area (Å²) in [6.45, 7) is 1.22. The van der Waals surface area contributed by atoms with Crippen LogP contribution in [0.4, 0.5) is 4.39 Å². The minimum atomic E-state index is -0.278. The van der Waals surface area contributed by atoms with Gasteiger partial charge in [-0.05, 0) is 30.7 Å². The molecule has 6 nitrogen and oxygen atoms in total. The number of rotatable bonds is 4. The first-order chi connectivity index (χ1) is 11.1. The van der Waals surface area contributed by atoms with Crippen LogP contribution in [0, 0.1) is 5.82 Å². The van der Waals surface area contributed by atoms with E-state index in [1.165, 1.54) is 12.1 Å². The van der Waals surface area contributed by atoms with Gasteiger partial charge in [0.15, 0.2) is 0 Å². The van der Waals surface area contributed by atoms with E-state index in [2.05, 4.69) is 20.4 Å². The number of amides is 1. The van der Waals surface area contributed by atoms with Crippen molar-refractivity contribution in [3.8, 4) is 11.3 Å². The van der Waals surface area contributed by atoms with Crippen molar-refractivity contribution < 1.29 is 9.18 Å². The second-order valence-electron chi connectivity index (χ2n) is 5.83. The maximum Gasteiger partial charge on any atom is 0.237 e. The highest BCUT2D eigenvalue weighted by molar-refractivity contribution is 5.82. The Hall–Kier alpha value is -2.25. The van der Waals surface area contributed by atoms with Crippen molar-refractivity contribution in [1.29, 1.82) is 0 Å². The van der Waals surface area contributed by atoms with E-state index in [4.69, 9.17) is 5.73 Å². The molecule has 1 aliphatic heterocycles. The molecule has 0 saturated carbocycles. The predicted molar refractivity (Wildman–Crippen MR) is 84.8 cm³/mol. The third kappa shape index (κ3) is 3.25. The molecule has 0 unspecified atom stereocenters. The fraction of sp³-hybridized carbons (Fsp3) is 0.375. The predicted octanol–water partition coefficient (Wildman–Crippen LogP) is 0.863. The van der Waals surface area contributed by atoms with Crippen molar-refractivity contribution in [1.82, 2.24) is 20.4 Å². The number of hydrogen-bond donors (Lipinski definition) is 3. The molecule has 0 bridgehead atoms. The average molecular weight is 317 g/mol. The van der Waals surface area contributed by atoms with E-state index in [0.29, 0.717) is 19.5 Å². The highest BCUT2D eigenvalue weighted by Crippen LogP contribution is 2.26. The molecule has 1 saturated heterocycles. The SMILES string of the molecule is CNC(=O)[C@@H]1C[C@H](N)CN1Cc1cn[nH]c1-c1ccc(F)cc1. The van der Waals surface area contributed by atoms with Crippen LogP contribution in [-0.4, -0.2) is 46.7 Å². The van der Waals surface area contributed by atoms with Crippen molar-refractivity contribution in [3.05, 3.63) is 41.8 Å². The van der Waals surface area contributed by atoms with Gasteiger partial charge in [-0.1, -0.05) is 0 Å². The van der Waals surface area contributed by atoms with Gasteiger partial charge in [-0.3, -0.25) is 14.8 Å². The Bertz CT molecular complexity index is 684. The second kappa shape index (κ2) is 6.47. The summed E-state index contributed by atoms with van der Waals surface area (Å²) < 4.78 is 13.1. The molecule has 2 atom stereocenters. The van der Waals surface area contributed by atoms with E-state index < -0.39 is 0 Å². The molecule has 1 aliphatic rings. The molecule has 1 aromatic carbocycles. The lowest BCUT2D eigenvalue weighted by atomic mass is 10.1. The quantitative estimate of drug-likeness (QED) is 0.781. The van der Waals surface area contributed by atoms with E-state index in [9.17, 15) is 9.18 Å². The summed E-state index contributed by atoms with van der Waals surface area (Å²) in [4.78, 5) is 14.1. The van der Waals surface area contributed by atoms with Gasteiger partial charge in [0.2, 0.25) is 5.91 Å². The maximum atomic E-state index is 13.1. The van der Waals surface area contributed by atoms with Gasteiger partial charge in [-0.2, -0.15) is 5.10 Å². The third-order valence-electron chi connectivity index (χ3n) is 4.21. The van der Waals surface area contributed by atoms with Crippen LogP contribution in [0.15, 0.2) is 30.5 Å². The molecule has 23 heavy (non-hydrogen) atoms. The number of carbonyl (C=O) groups is 1. The molecule has 0 radical (unpaired) electrons. The van der Waals surface area contributed by atoms with Crippen molar-refractivity contribution in [3.63, 3.8) is 0 Å². The zero-order valence-electron chi connectivity index (χ0n) is 12.9. The van der Waals surface area contributed by atoms with Gasteiger partial charge in [0.05, 0.1) is 17.9 Å². The number of hydrogen-bond acceptors (Lipinski definition) is 4. The monoisotopic (exact) mass is 317 g/mol. The van der Waals surface area contributed by atoms with E-state index in [0.717, 1.165) is 16.8 Å². The number of nitrogens with zero attached hydrogens (tertiary/aromatic N) is 2. The van der Waals surface area contributed by atoms with Crippen LogP contribution in [0.3, 0.4) is 0 Å². The van der Waals surface area contributed by atoms with E-state index in [1.807, 2.05) is 0 Å². The Kier molecular flexibility index (Phi) is 4.40. The highest BCUT2D eigenvalue weighted by Gasteiger charge is 2.35. The number of halogens is 1. The number of likely N-dealkylation sites (N-methyl/N-ethyl adjacent to an activating group) is 1. The topological polar surface area (TPSA) is 87.0 Å². The number of likely N-dealkylation sites (tertiary alicyclic amines) is 1. The van der Waals surface area contributed by atoms with Gasteiger partial charge in [-0.25, -0.2) is 4.39 Å². The third-order valence-corrected chi connectivity index (χ3v) is 4.21. The lowest BCUT2D eigenvalue weighted by molar-refractivity contribution is -0.125. The number of benzene rings is 1. The molecule has 1 fully saturated rings. The number of nitrogens with one attached hydrogen (secondary N) is 2. The molecule has 0 aliphatic carbocycles. The fourth-order valence-corrected chi connectivity index (χ4v) is 3.07. The number of carbonyl (C=O) groups excluding carboxylic acids is 1. The van der Waals surface area contributed by atoms with Crippen LogP contribution in [0.25, 0.3) is 11.3 Å². The van der Waals surface area contributed by atoms with Crippen LogP contribution in [0.5, 0.6) is 0 Å². The largest absolute Gasteiger partial charge is 0.358 e. The lowest BCUT2D eigenvalue weighted by Crippen LogP contribution is -2.41. The summed E-state index contributed by atoms with van der Waals surface area (Å²) in [6.07, 6.45) is 2.38. The van der Waals surface area contributed by atoms with Crippen LogP contribution in [-0.2, 0) is 11.3 Å². The molecular weight excluding hydrogens is 297 g/mol. The first-order valence-corrected chi connectivity index (χ1v) is 7.58. The first kappa shape index (κ1) is 15.6. The van der Waals surface area contributed by atoms with Crippen LogP contribution in [0.2, 0.25) is 0 Å². The normalized spacial score (nSPS) is 21.5. The zero-order chi connectivity index (χ0) is 16.4. The van der Waals surface area contributed by atoms with Crippen molar-refractivity contribution in [2.75, 3.05) is 13.6 Å². The molecule has 2 aromatic rings. The number of nitrogens with two attached hydrogens (primary N) is 1. The Morgan fingerprint density at radius 3 is 2.91 bits per heavy atom. The average Bonchev–Trinajstić information content (AvgIpc) is 3.14. The summed E-state index contributed by atoms with van der Waals surface area (Å²) in [5, 5.41) is 9.74. The van der Waals surface area contributed by atoms with E-state index in [1.54, 1.807) is 25.4 Å². The smallest absolute Gasteiger partial charge is 0.237 e. The minimum absolute atomic E-state index is 0.0153. The Morgan fingerprint density at radius 1 is 1.48 bits per heavy atom. The van der Waals surface area contributed by atoms with Crippen molar-refractivity contribution >= 4 is 5.91 Å². The Morgan fingerprint density at radius 2 is 2.22 bits per heavy atom. The standard InChI is InChI=1S/C16H20FN5O/c1-19-16(23)14-6-13(18)9-22(14)8-11-7-20-21-15(11)10-2-4-12(17)5-3-10/h2-5,7,13-14H,6,8-9,18H2,1H3,(H,19,23)(H,20,21)/t13-,14-/m0/s1. The summed E-state index contributed by atoms with van der Waals surface area (Å²) in [7, 11) is 1.63. The molecule has 1 amide bonds. The van der Waals surface area contributed by atoms with Gasteiger partial charge in [-0.15, -0.1) is 0 Å². The number of H-pyrrole nitrogens is 1. The van der Waals surface area contributed by atoms with Crippen LogP contribution < -0.4 is 11.1 Å². The lowest BCUT2D eigenvalue weighted by Gasteiger charge is -2.22. The summed E-state index contributed by atoms with van der Waals surface area (Å²) in [5.74, 6) is -0.301. The molecule has 2 heterocycles. The van der Waals surface area contributed by atoms with Gasteiger partial charge >= 0.3 is 0 Å². The molecule has 4 N–H and O–H groups in total. The highest BCUT2D eigenvalue weighted by atomic mass is 19.1. The van der Waals surface area contributed by atoms with Gasteiger partial charge in [0, 0.05) is 37.3 Å². The summed E-state index contributed by atoms with van der Waals surface area (Å²) >= 11 is 0. The Labute approximate surface area is 133 Å². The van der Waals surface area contributed by atoms with Crippen LogP contribution in [0.1, 0.15) is 12.0 Å². The van der Waals surface area contributed by atoms with Gasteiger partial charge < -0.3 is 11.1 Å².